The second kappa shape index (κ2) is 10.6. The average molecular weight is 472 g/mol. The molecule has 33 heavy (non-hydrogen) atoms. The van der Waals surface area contributed by atoms with Crippen LogP contribution in [0.3, 0.4) is 0 Å². The van der Waals surface area contributed by atoms with Gasteiger partial charge in [-0.1, -0.05) is 22.7 Å². The van der Waals surface area contributed by atoms with Crippen LogP contribution in [0.5, 0.6) is 5.75 Å². The van der Waals surface area contributed by atoms with E-state index in [4.69, 9.17) is 9.57 Å². The molecule has 0 heterocycles. The molecule has 0 spiro atoms. The molecule has 0 saturated carbocycles. The molecule has 1 N–H and O–H groups in total. The van der Waals surface area contributed by atoms with Crippen molar-refractivity contribution in [2.45, 2.75) is 11.8 Å². The van der Waals surface area contributed by atoms with E-state index in [-0.39, 0.29) is 35.0 Å². The summed E-state index contributed by atoms with van der Waals surface area (Å²) in [5, 5.41) is 2.40. The van der Waals surface area contributed by atoms with Crippen LogP contribution in [0.4, 0.5) is 10.1 Å². The molecule has 3 rings (SSSR count). The summed E-state index contributed by atoms with van der Waals surface area (Å²) in [6.45, 7) is 1.54. The van der Waals surface area contributed by atoms with E-state index >= 15 is 0 Å². The number of ether oxygens (including phenoxy) is 1. The summed E-state index contributed by atoms with van der Waals surface area (Å²) in [6.07, 6.45) is 0. The Labute approximate surface area is 190 Å². The smallest absolute Gasteiger partial charge is 0.325 e. The fourth-order valence-corrected chi connectivity index (χ4v) is 3.98. The van der Waals surface area contributed by atoms with Crippen molar-refractivity contribution >= 4 is 27.6 Å². The number of hydrogen-bond donors (Lipinski definition) is 1. The zero-order chi connectivity index (χ0) is 23.8. The van der Waals surface area contributed by atoms with Gasteiger partial charge in [-0.15, -0.1) is 0 Å². The van der Waals surface area contributed by atoms with Crippen LogP contribution in [0.15, 0.2) is 83.8 Å². The lowest BCUT2D eigenvalue weighted by atomic mass is 10.2. The number of hydrogen-bond acceptors (Lipinski definition) is 6. The standard InChI is InChI=1S/C23H21FN2O6S/c1-2-31-22(27)16-25-23(28)17-8-14-21(15-9-17)33(29,30)26(19-6-4-3-5-7-19)32-20-12-10-18(24)11-13-20/h3-15H,2,16H2,1H3,(H,25,28). The Hall–Kier alpha value is -3.92. The molecule has 3 aromatic carbocycles. The number of anilines is 1. The van der Waals surface area contributed by atoms with Gasteiger partial charge in [0.15, 0.2) is 5.75 Å². The van der Waals surface area contributed by atoms with Crippen molar-refractivity contribution < 1.29 is 32.0 Å². The molecule has 0 radical (unpaired) electrons. The van der Waals surface area contributed by atoms with Crippen LogP contribution in [0.1, 0.15) is 17.3 Å². The molecule has 0 aliphatic heterocycles. The fourth-order valence-electron chi connectivity index (χ4n) is 2.72. The van der Waals surface area contributed by atoms with Crippen LogP contribution in [0, 0.1) is 5.82 Å². The molecule has 0 aliphatic rings. The topological polar surface area (TPSA) is 102 Å². The van der Waals surface area contributed by atoms with Gasteiger partial charge >= 0.3 is 5.97 Å². The highest BCUT2D eigenvalue weighted by Gasteiger charge is 2.28. The van der Waals surface area contributed by atoms with Gasteiger partial charge in [0.2, 0.25) is 0 Å². The van der Waals surface area contributed by atoms with Gasteiger partial charge < -0.3 is 14.9 Å². The molecule has 0 aromatic heterocycles. The summed E-state index contributed by atoms with van der Waals surface area (Å²) in [6, 6.07) is 18.1. The summed E-state index contributed by atoms with van der Waals surface area (Å²) in [4.78, 5) is 29.0. The SMILES string of the molecule is CCOC(=O)CNC(=O)c1ccc(S(=O)(=O)N(Oc2ccc(F)cc2)c2ccccc2)cc1. The third-order valence-corrected chi connectivity index (χ3v) is 5.89. The van der Waals surface area contributed by atoms with Crippen molar-refractivity contribution in [1.29, 1.82) is 0 Å². The van der Waals surface area contributed by atoms with Crippen LogP contribution >= 0.6 is 0 Å². The highest BCUT2D eigenvalue weighted by Crippen LogP contribution is 2.26. The molecule has 0 unspecified atom stereocenters. The zero-order valence-corrected chi connectivity index (χ0v) is 18.4. The summed E-state index contributed by atoms with van der Waals surface area (Å²) in [5.41, 5.74) is 0.377. The second-order valence-electron chi connectivity index (χ2n) is 6.63. The van der Waals surface area contributed by atoms with Crippen molar-refractivity contribution in [2.24, 2.45) is 0 Å². The van der Waals surface area contributed by atoms with Crippen LogP contribution in [0.25, 0.3) is 0 Å². The number of benzene rings is 3. The van der Waals surface area contributed by atoms with E-state index in [0.717, 1.165) is 16.6 Å². The molecule has 0 aliphatic carbocycles. The van der Waals surface area contributed by atoms with Crippen LogP contribution < -0.4 is 14.6 Å². The number of carbonyl (C=O) groups excluding carboxylic acids is 2. The molecule has 0 fully saturated rings. The van der Waals surface area contributed by atoms with E-state index < -0.39 is 27.7 Å². The molecule has 3 aromatic rings. The van der Waals surface area contributed by atoms with Gasteiger partial charge in [0, 0.05) is 5.56 Å². The molecule has 0 atom stereocenters. The van der Waals surface area contributed by atoms with Gasteiger partial charge in [0.25, 0.3) is 15.9 Å². The zero-order valence-electron chi connectivity index (χ0n) is 17.6. The van der Waals surface area contributed by atoms with Crippen molar-refractivity contribution in [2.75, 3.05) is 17.6 Å². The first-order valence-electron chi connectivity index (χ1n) is 9.89. The Bertz CT molecular complexity index is 1200. The average Bonchev–Trinajstić information content (AvgIpc) is 2.83. The molecule has 8 nitrogen and oxygen atoms in total. The number of esters is 1. The van der Waals surface area contributed by atoms with Crippen molar-refractivity contribution in [3.8, 4) is 5.75 Å². The third kappa shape index (κ3) is 6.07. The first-order chi connectivity index (χ1) is 15.8. The molecule has 172 valence electrons. The summed E-state index contributed by atoms with van der Waals surface area (Å²) in [5.74, 6) is -1.52. The Morgan fingerprint density at radius 3 is 2.18 bits per heavy atom. The predicted molar refractivity (Wildman–Crippen MR) is 119 cm³/mol. The molecular formula is C23H21FN2O6S. The monoisotopic (exact) mass is 472 g/mol. The van der Waals surface area contributed by atoms with E-state index in [9.17, 15) is 22.4 Å². The van der Waals surface area contributed by atoms with Crippen LogP contribution in [-0.4, -0.2) is 33.4 Å². The molecule has 10 heteroatoms. The molecular weight excluding hydrogens is 451 g/mol. The lowest BCUT2D eigenvalue weighted by Gasteiger charge is -2.24. The lowest BCUT2D eigenvalue weighted by Crippen LogP contribution is -2.34. The maximum Gasteiger partial charge on any atom is 0.325 e. The number of halogens is 1. The summed E-state index contributed by atoms with van der Waals surface area (Å²) in [7, 11) is -4.23. The van der Waals surface area contributed by atoms with Gasteiger partial charge in [0.1, 0.15) is 12.4 Å². The van der Waals surface area contributed by atoms with E-state index in [2.05, 4.69) is 5.32 Å². The van der Waals surface area contributed by atoms with E-state index in [1.165, 1.54) is 48.5 Å². The Morgan fingerprint density at radius 2 is 1.58 bits per heavy atom. The minimum atomic E-state index is -4.23. The maximum atomic E-state index is 13.3. The second-order valence-corrected chi connectivity index (χ2v) is 8.38. The number of carbonyl (C=O) groups is 2. The van der Waals surface area contributed by atoms with Gasteiger partial charge in [-0.3, -0.25) is 9.59 Å². The normalized spacial score (nSPS) is 10.8. The van der Waals surface area contributed by atoms with Crippen LogP contribution in [0.2, 0.25) is 0 Å². The van der Waals surface area contributed by atoms with E-state index in [0.29, 0.717) is 0 Å². The number of para-hydroxylation sites is 1. The first-order valence-corrected chi connectivity index (χ1v) is 11.3. The quantitative estimate of drug-likeness (QED) is 0.379. The maximum absolute atomic E-state index is 13.3. The number of sulfonamides is 1. The highest BCUT2D eigenvalue weighted by molar-refractivity contribution is 7.92. The first kappa shape index (κ1) is 23.7. The van der Waals surface area contributed by atoms with Gasteiger partial charge in [0.05, 0.1) is 17.2 Å². The number of nitrogens with one attached hydrogen (secondary N) is 1. The van der Waals surface area contributed by atoms with Crippen molar-refractivity contribution in [3.63, 3.8) is 0 Å². The predicted octanol–water partition coefficient (Wildman–Crippen LogP) is 3.31. The Kier molecular flexibility index (Phi) is 7.62. The molecule has 0 bridgehead atoms. The highest BCUT2D eigenvalue weighted by atomic mass is 32.2. The van der Waals surface area contributed by atoms with Crippen LogP contribution in [-0.2, 0) is 19.6 Å². The van der Waals surface area contributed by atoms with Gasteiger partial charge in [-0.25, -0.2) is 4.39 Å². The third-order valence-electron chi connectivity index (χ3n) is 4.30. The number of rotatable bonds is 9. The van der Waals surface area contributed by atoms with Crippen molar-refractivity contribution in [1.82, 2.24) is 5.32 Å². The largest absolute Gasteiger partial charge is 0.465 e. The minimum absolute atomic E-state index is 0.110. The van der Waals surface area contributed by atoms with E-state index in [1.54, 1.807) is 25.1 Å². The Morgan fingerprint density at radius 1 is 0.939 bits per heavy atom. The lowest BCUT2D eigenvalue weighted by molar-refractivity contribution is -0.141. The number of nitrogens with zero attached hydrogens (tertiary/aromatic N) is 1. The number of amides is 1. The Balaban J connectivity index is 1.84. The van der Waals surface area contributed by atoms with Crippen molar-refractivity contribution in [3.05, 3.63) is 90.2 Å². The van der Waals surface area contributed by atoms with Gasteiger partial charge in [-0.05, 0) is 67.6 Å². The fraction of sp³-hybridized carbons (Fsp3) is 0.130. The molecule has 0 saturated heterocycles. The van der Waals surface area contributed by atoms with Gasteiger partial charge in [-0.2, -0.15) is 8.42 Å². The minimum Gasteiger partial charge on any atom is -0.465 e. The summed E-state index contributed by atoms with van der Waals surface area (Å²) < 4.78 is 45.4. The van der Waals surface area contributed by atoms with E-state index in [1.807, 2.05) is 0 Å². The summed E-state index contributed by atoms with van der Waals surface area (Å²) >= 11 is 0. The molecule has 1 amide bonds.